The SMILES string of the molecule is CNCC(C)C(=O)N(C)C1CCC1. The van der Waals surface area contributed by atoms with Gasteiger partial charge in [0.25, 0.3) is 0 Å². The molecule has 0 aromatic rings. The molecule has 1 atom stereocenters. The molecule has 0 spiro atoms. The van der Waals surface area contributed by atoms with E-state index in [1.165, 1.54) is 19.3 Å². The zero-order valence-corrected chi connectivity index (χ0v) is 8.84. The van der Waals surface area contributed by atoms with Crippen molar-refractivity contribution in [3.8, 4) is 0 Å². The normalized spacial score (nSPS) is 19.3. The highest BCUT2D eigenvalue weighted by Gasteiger charge is 2.27. The summed E-state index contributed by atoms with van der Waals surface area (Å²) in [6, 6.07) is 0.520. The fourth-order valence-electron chi connectivity index (χ4n) is 1.70. The summed E-state index contributed by atoms with van der Waals surface area (Å²) in [6.45, 7) is 2.75. The molecule has 1 aliphatic rings. The van der Waals surface area contributed by atoms with Gasteiger partial charge in [-0.3, -0.25) is 4.79 Å². The van der Waals surface area contributed by atoms with Crippen LogP contribution in [0.4, 0.5) is 0 Å². The van der Waals surface area contributed by atoms with Gasteiger partial charge in [-0.15, -0.1) is 0 Å². The molecule has 1 rings (SSSR count). The van der Waals surface area contributed by atoms with Crippen molar-refractivity contribution in [3.05, 3.63) is 0 Å². The van der Waals surface area contributed by atoms with Crippen LogP contribution in [0.15, 0.2) is 0 Å². The van der Waals surface area contributed by atoms with E-state index in [1.807, 2.05) is 25.9 Å². The zero-order chi connectivity index (χ0) is 9.84. The highest BCUT2D eigenvalue weighted by Crippen LogP contribution is 2.24. The van der Waals surface area contributed by atoms with Gasteiger partial charge < -0.3 is 10.2 Å². The molecule has 0 aromatic heterocycles. The molecule has 0 aliphatic heterocycles. The van der Waals surface area contributed by atoms with Gasteiger partial charge >= 0.3 is 0 Å². The lowest BCUT2D eigenvalue weighted by atomic mass is 9.91. The van der Waals surface area contributed by atoms with Crippen molar-refractivity contribution in [2.45, 2.75) is 32.2 Å². The summed E-state index contributed by atoms with van der Waals surface area (Å²) in [5, 5.41) is 3.03. The molecule has 0 saturated heterocycles. The van der Waals surface area contributed by atoms with Crippen molar-refractivity contribution in [2.24, 2.45) is 5.92 Å². The fraction of sp³-hybridized carbons (Fsp3) is 0.900. The molecule has 3 heteroatoms. The third kappa shape index (κ3) is 2.44. The first-order valence-corrected chi connectivity index (χ1v) is 5.08. The second kappa shape index (κ2) is 4.61. The Bertz CT molecular complexity index is 178. The summed E-state index contributed by atoms with van der Waals surface area (Å²) in [6.07, 6.45) is 3.66. The highest BCUT2D eigenvalue weighted by atomic mass is 16.2. The number of carbonyl (C=O) groups excluding carboxylic acids is 1. The molecule has 0 aromatic carbocycles. The van der Waals surface area contributed by atoms with Gasteiger partial charge in [0.05, 0.1) is 0 Å². The molecule has 1 amide bonds. The Labute approximate surface area is 80.5 Å². The second-order valence-corrected chi connectivity index (χ2v) is 3.99. The molecule has 0 radical (unpaired) electrons. The van der Waals surface area contributed by atoms with E-state index in [1.54, 1.807) is 0 Å². The van der Waals surface area contributed by atoms with E-state index in [0.717, 1.165) is 6.54 Å². The smallest absolute Gasteiger partial charge is 0.226 e. The van der Waals surface area contributed by atoms with E-state index in [9.17, 15) is 4.79 Å². The first kappa shape index (κ1) is 10.5. The third-order valence-corrected chi connectivity index (χ3v) is 2.90. The monoisotopic (exact) mass is 184 g/mol. The first-order valence-electron chi connectivity index (χ1n) is 5.08. The van der Waals surface area contributed by atoms with Crippen LogP contribution >= 0.6 is 0 Å². The minimum Gasteiger partial charge on any atom is -0.343 e. The number of hydrogen-bond acceptors (Lipinski definition) is 2. The number of hydrogen-bond donors (Lipinski definition) is 1. The highest BCUT2D eigenvalue weighted by molar-refractivity contribution is 5.78. The van der Waals surface area contributed by atoms with Crippen molar-refractivity contribution < 1.29 is 4.79 Å². The standard InChI is InChI=1S/C10H20N2O/c1-8(7-11-2)10(13)12(3)9-5-4-6-9/h8-9,11H,4-7H2,1-3H3. The number of carbonyl (C=O) groups is 1. The van der Waals surface area contributed by atoms with Crippen LogP contribution in [0.3, 0.4) is 0 Å². The van der Waals surface area contributed by atoms with Gasteiger partial charge in [-0.1, -0.05) is 6.92 Å². The summed E-state index contributed by atoms with van der Waals surface area (Å²) in [5.74, 6) is 0.384. The van der Waals surface area contributed by atoms with Crippen molar-refractivity contribution in [3.63, 3.8) is 0 Å². The lowest BCUT2D eigenvalue weighted by Crippen LogP contribution is -2.45. The number of amides is 1. The van der Waals surface area contributed by atoms with Gasteiger partial charge in [-0.25, -0.2) is 0 Å². The Morgan fingerprint density at radius 1 is 1.62 bits per heavy atom. The topological polar surface area (TPSA) is 32.3 Å². The van der Waals surface area contributed by atoms with E-state index in [4.69, 9.17) is 0 Å². The Morgan fingerprint density at radius 3 is 2.62 bits per heavy atom. The van der Waals surface area contributed by atoms with Gasteiger partial charge in [0.2, 0.25) is 5.91 Å². The summed E-state index contributed by atoms with van der Waals surface area (Å²) in [7, 11) is 3.81. The average Bonchev–Trinajstić information content (AvgIpc) is 2.00. The van der Waals surface area contributed by atoms with Crippen LogP contribution in [0.5, 0.6) is 0 Å². The van der Waals surface area contributed by atoms with Crippen LogP contribution in [0.1, 0.15) is 26.2 Å². The predicted octanol–water partition coefficient (Wildman–Crippen LogP) is 0.853. The fourth-order valence-corrected chi connectivity index (χ4v) is 1.70. The lowest BCUT2D eigenvalue weighted by Gasteiger charge is -2.36. The predicted molar refractivity (Wildman–Crippen MR) is 53.5 cm³/mol. The van der Waals surface area contributed by atoms with E-state index in [2.05, 4.69) is 5.32 Å². The van der Waals surface area contributed by atoms with E-state index in [-0.39, 0.29) is 11.8 Å². The van der Waals surface area contributed by atoms with E-state index in [0.29, 0.717) is 6.04 Å². The lowest BCUT2D eigenvalue weighted by molar-refractivity contribution is -0.137. The van der Waals surface area contributed by atoms with Crippen LogP contribution in [-0.2, 0) is 4.79 Å². The van der Waals surface area contributed by atoms with Gasteiger partial charge in [0, 0.05) is 25.6 Å². The Hall–Kier alpha value is -0.570. The van der Waals surface area contributed by atoms with Gasteiger partial charge in [-0.05, 0) is 26.3 Å². The molecule has 1 N–H and O–H groups in total. The van der Waals surface area contributed by atoms with Crippen molar-refractivity contribution in [1.82, 2.24) is 10.2 Å². The molecular weight excluding hydrogens is 164 g/mol. The van der Waals surface area contributed by atoms with Crippen molar-refractivity contribution >= 4 is 5.91 Å². The molecular formula is C10H20N2O. The van der Waals surface area contributed by atoms with Crippen molar-refractivity contribution in [2.75, 3.05) is 20.6 Å². The molecule has 3 nitrogen and oxygen atoms in total. The minimum absolute atomic E-state index is 0.107. The molecule has 1 fully saturated rings. The molecule has 1 unspecified atom stereocenters. The summed E-state index contributed by atoms with van der Waals surface area (Å²) >= 11 is 0. The van der Waals surface area contributed by atoms with Crippen LogP contribution in [0, 0.1) is 5.92 Å². The summed E-state index contributed by atoms with van der Waals surface area (Å²) < 4.78 is 0. The van der Waals surface area contributed by atoms with Gasteiger partial charge in [0.15, 0.2) is 0 Å². The third-order valence-electron chi connectivity index (χ3n) is 2.90. The first-order chi connectivity index (χ1) is 6.16. The number of nitrogens with zero attached hydrogens (tertiary/aromatic N) is 1. The number of nitrogens with one attached hydrogen (secondary N) is 1. The summed E-state index contributed by atoms with van der Waals surface area (Å²) in [5.41, 5.74) is 0. The van der Waals surface area contributed by atoms with E-state index < -0.39 is 0 Å². The second-order valence-electron chi connectivity index (χ2n) is 3.99. The van der Waals surface area contributed by atoms with Crippen LogP contribution in [0.2, 0.25) is 0 Å². The molecule has 0 heterocycles. The Kier molecular flexibility index (Phi) is 3.72. The average molecular weight is 184 g/mol. The van der Waals surface area contributed by atoms with Crippen LogP contribution < -0.4 is 5.32 Å². The largest absolute Gasteiger partial charge is 0.343 e. The maximum Gasteiger partial charge on any atom is 0.226 e. The zero-order valence-electron chi connectivity index (χ0n) is 8.84. The minimum atomic E-state index is 0.107. The maximum absolute atomic E-state index is 11.8. The quantitative estimate of drug-likeness (QED) is 0.702. The van der Waals surface area contributed by atoms with Gasteiger partial charge in [0.1, 0.15) is 0 Å². The maximum atomic E-state index is 11.8. The molecule has 0 bridgehead atoms. The van der Waals surface area contributed by atoms with E-state index >= 15 is 0 Å². The summed E-state index contributed by atoms with van der Waals surface area (Å²) in [4.78, 5) is 13.7. The van der Waals surface area contributed by atoms with Crippen LogP contribution in [-0.4, -0.2) is 37.5 Å². The molecule has 76 valence electrons. The van der Waals surface area contributed by atoms with Gasteiger partial charge in [-0.2, -0.15) is 0 Å². The van der Waals surface area contributed by atoms with Crippen molar-refractivity contribution in [1.29, 1.82) is 0 Å². The van der Waals surface area contributed by atoms with Crippen LogP contribution in [0.25, 0.3) is 0 Å². The number of rotatable bonds is 4. The molecule has 13 heavy (non-hydrogen) atoms. The molecule has 1 saturated carbocycles. The Balaban J connectivity index is 2.36. The Morgan fingerprint density at radius 2 is 2.23 bits per heavy atom. The molecule has 1 aliphatic carbocycles.